The molecule has 0 amide bonds. The molecule has 0 aliphatic rings. The first-order valence-electron chi connectivity index (χ1n) is 5.14. The Morgan fingerprint density at radius 1 is 1.47 bits per heavy atom. The summed E-state index contributed by atoms with van der Waals surface area (Å²) in [5, 5.41) is 0. The van der Waals surface area contributed by atoms with E-state index in [-0.39, 0.29) is 5.56 Å². The molecule has 1 aromatic carbocycles. The highest BCUT2D eigenvalue weighted by Crippen LogP contribution is 2.08. The largest absolute Gasteiger partial charge is 0.399 e. The summed E-state index contributed by atoms with van der Waals surface area (Å²) in [6, 6.07) is 7.52. The maximum absolute atomic E-state index is 12.0. The second-order valence-corrected chi connectivity index (χ2v) is 4.95. The zero-order valence-corrected chi connectivity index (χ0v) is 11.5. The van der Waals surface area contributed by atoms with E-state index in [1.807, 2.05) is 53.8 Å². The summed E-state index contributed by atoms with van der Waals surface area (Å²) in [5.41, 5.74) is 7.40. The van der Waals surface area contributed by atoms with Gasteiger partial charge in [0.15, 0.2) is 0 Å². The van der Waals surface area contributed by atoms with Crippen LogP contribution < -0.4 is 11.3 Å². The minimum absolute atomic E-state index is 0.0134. The van der Waals surface area contributed by atoms with Gasteiger partial charge < -0.3 is 5.73 Å². The lowest BCUT2D eigenvalue weighted by Crippen LogP contribution is -2.26. The number of benzene rings is 1. The Morgan fingerprint density at radius 3 is 2.94 bits per heavy atom. The third kappa shape index (κ3) is 2.66. The fourth-order valence-corrected chi connectivity index (χ4v) is 2.04. The summed E-state index contributed by atoms with van der Waals surface area (Å²) in [4.78, 5) is 16.1. The molecule has 0 aliphatic heterocycles. The number of anilines is 1. The van der Waals surface area contributed by atoms with E-state index in [0.29, 0.717) is 21.6 Å². The SMILES string of the molecule is Cc1ncc(I)c(=O)n1Cc1cccc(N)c1. The second kappa shape index (κ2) is 4.87. The Labute approximate surface area is 113 Å². The lowest BCUT2D eigenvalue weighted by molar-refractivity contribution is 0.695. The molecule has 1 aromatic heterocycles. The summed E-state index contributed by atoms with van der Waals surface area (Å²) in [5.74, 6) is 0.706. The molecule has 2 N–H and O–H groups in total. The van der Waals surface area contributed by atoms with Crippen molar-refractivity contribution in [1.29, 1.82) is 0 Å². The number of nitrogens with two attached hydrogens (primary N) is 1. The molecule has 0 bridgehead atoms. The minimum Gasteiger partial charge on any atom is -0.399 e. The smallest absolute Gasteiger partial charge is 0.267 e. The van der Waals surface area contributed by atoms with Gasteiger partial charge in [0, 0.05) is 11.9 Å². The van der Waals surface area contributed by atoms with Gasteiger partial charge in [0.1, 0.15) is 5.82 Å². The molecule has 0 aliphatic carbocycles. The quantitative estimate of drug-likeness (QED) is 0.669. The molecular formula is C12H12IN3O. The molecule has 88 valence electrons. The molecular weight excluding hydrogens is 329 g/mol. The van der Waals surface area contributed by atoms with Crippen LogP contribution in [0, 0.1) is 10.5 Å². The van der Waals surface area contributed by atoms with Gasteiger partial charge in [-0.25, -0.2) is 4.98 Å². The van der Waals surface area contributed by atoms with Gasteiger partial charge in [-0.15, -0.1) is 0 Å². The Bertz CT molecular complexity index is 607. The molecule has 0 saturated heterocycles. The first-order chi connectivity index (χ1) is 8.08. The summed E-state index contributed by atoms with van der Waals surface area (Å²) >= 11 is 2.00. The van der Waals surface area contributed by atoms with Crippen molar-refractivity contribution in [3.05, 3.63) is 55.8 Å². The third-order valence-corrected chi connectivity index (χ3v) is 3.24. The van der Waals surface area contributed by atoms with Crippen LogP contribution in [-0.4, -0.2) is 9.55 Å². The first kappa shape index (κ1) is 12.1. The molecule has 2 rings (SSSR count). The number of rotatable bonds is 2. The maximum atomic E-state index is 12.0. The molecule has 0 unspecified atom stereocenters. The lowest BCUT2D eigenvalue weighted by atomic mass is 10.2. The number of aryl methyl sites for hydroxylation is 1. The monoisotopic (exact) mass is 341 g/mol. The van der Waals surface area contributed by atoms with E-state index < -0.39 is 0 Å². The molecule has 0 saturated carbocycles. The van der Waals surface area contributed by atoms with Crippen LogP contribution in [0.1, 0.15) is 11.4 Å². The van der Waals surface area contributed by atoms with E-state index in [1.54, 1.807) is 10.8 Å². The molecule has 0 radical (unpaired) electrons. The van der Waals surface area contributed by atoms with Gasteiger partial charge in [-0.1, -0.05) is 12.1 Å². The number of hydrogen-bond acceptors (Lipinski definition) is 3. The zero-order valence-electron chi connectivity index (χ0n) is 9.35. The van der Waals surface area contributed by atoms with Crippen molar-refractivity contribution in [2.45, 2.75) is 13.5 Å². The van der Waals surface area contributed by atoms with E-state index in [2.05, 4.69) is 4.98 Å². The Morgan fingerprint density at radius 2 is 2.24 bits per heavy atom. The van der Waals surface area contributed by atoms with Crippen molar-refractivity contribution < 1.29 is 0 Å². The average molecular weight is 341 g/mol. The highest BCUT2D eigenvalue weighted by molar-refractivity contribution is 14.1. The van der Waals surface area contributed by atoms with Gasteiger partial charge in [0.2, 0.25) is 0 Å². The topological polar surface area (TPSA) is 60.9 Å². The van der Waals surface area contributed by atoms with Gasteiger partial charge in [-0.3, -0.25) is 9.36 Å². The predicted molar refractivity (Wildman–Crippen MR) is 75.9 cm³/mol. The zero-order chi connectivity index (χ0) is 12.4. The van der Waals surface area contributed by atoms with Gasteiger partial charge in [-0.05, 0) is 47.2 Å². The predicted octanol–water partition coefficient (Wildman–Crippen LogP) is 1.79. The van der Waals surface area contributed by atoms with E-state index in [4.69, 9.17) is 5.73 Å². The first-order valence-corrected chi connectivity index (χ1v) is 6.22. The normalized spacial score (nSPS) is 10.5. The number of aromatic nitrogens is 2. The molecule has 0 atom stereocenters. The molecule has 5 heteroatoms. The van der Waals surface area contributed by atoms with Crippen LogP contribution in [0.5, 0.6) is 0 Å². The van der Waals surface area contributed by atoms with E-state index in [1.165, 1.54) is 0 Å². The van der Waals surface area contributed by atoms with Crippen LogP contribution in [0.4, 0.5) is 5.69 Å². The summed E-state index contributed by atoms with van der Waals surface area (Å²) < 4.78 is 2.27. The molecule has 4 nitrogen and oxygen atoms in total. The van der Waals surface area contributed by atoms with Crippen molar-refractivity contribution in [3.63, 3.8) is 0 Å². The van der Waals surface area contributed by atoms with Gasteiger partial charge >= 0.3 is 0 Å². The average Bonchev–Trinajstić information content (AvgIpc) is 2.30. The standard InChI is InChI=1S/C12H12IN3O/c1-8-15-6-11(13)12(17)16(8)7-9-3-2-4-10(14)5-9/h2-6H,7,14H2,1H3. The van der Waals surface area contributed by atoms with E-state index in [0.717, 1.165) is 5.56 Å². The van der Waals surface area contributed by atoms with Gasteiger partial charge in [0.05, 0.1) is 10.1 Å². The Hall–Kier alpha value is -1.37. The summed E-state index contributed by atoms with van der Waals surface area (Å²) in [6.07, 6.45) is 1.59. The van der Waals surface area contributed by atoms with Crippen molar-refractivity contribution in [2.75, 3.05) is 5.73 Å². The van der Waals surface area contributed by atoms with Crippen molar-refractivity contribution in [1.82, 2.24) is 9.55 Å². The maximum Gasteiger partial charge on any atom is 0.267 e. The van der Waals surface area contributed by atoms with Gasteiger partial charge in [0.25, 0.3) is 5.56 Å². The molecule has 0 spiro atoms. The van der Waals surface area contributed by atoms with Crippen molar-refractivity contribution in [2.24, 2.45) is 0 Å². The lowest BCUT2D eigenvalue weighted by Gasteiger charge is -2.09. The van der Waals surface area contributed by atoms with Crippen LogP contribution in [0.15, 0.2) is 35.3 Å². The van der Waals surface area contributed by atoms with Crippen LogP contribution in [0.25, 0.3) is 0 Å². The molecule has 17 heavy (non-hydrogen) atoms. The molecule has 0 fully saturated rings. The fraction of sp³-hybridized carbons (Fsp3) is 0.167. The van der Waals surface area contributed by atoms with Gasteiger partial charge in [-0.2, -0.15) is 0 Å². The molecule has 1 heterocycles. The Kier molecular flexibility index (Phi) is 3.46. The fourth-order valence-electron chi connectivity index (χ4n) is 1.61. The number of halogens is 1. The van der Waals surface area contributed by atoms with E-state index >= 15 is 0 Å². The van der Waals surface area contributed by atoms with Crippen LogP contribution >= 0.6 is 22.6 Å². The van der Waals surface area contributed by atoms with Crippen LogP contribution in [-0.2, 0) is 6.54 Å². The summed E-state index contributed by atoms with van der Waals surface area (Å²) in [6.45, 7) is 2.32. The van der Waals surface area contributed by atoms with E-state index in [9.17, 15) is 4.79 Å². The summed E-state index contributed by atoms with van der Waals surface area (Å²) in [7, 11) is 0. The molecule has 2 aromatic rings. The highest BCUT2D eigenvalue weighted by atomic mass is 127. The third-order valence-electron chi connectivity index (χ3n) is 2.50. The minimum atomic E-state index is -0.0134. The number of nitrogens with zero attached hydrogens (tertiary/aromatic N) is 2. The van der Waals surface area contributed by atoms with Crippen LogP contribution in [0.3, 0.4) is 0 Å². The Balaban J connectivity index is 2.43. The number of nitrogen functional groups attached to an aromatic ring is 1. The highest BCUT2D eigenvalue weighted by Gasteiger charge is 2.06. The van der Waals surface area contributed by atoms with Crippen LogP contribution in [0.2, 0.25) is 0 Å². The second-order valence-electron chi connectivity index (χ2n) is 3.79. The van der Waals surface area contributed by atoms with Crippen molar-refractivity contribution in [3.8, 4) is 0 Å². The van der Waals surface area contributed by atoms with Crippen molar-refractivity contribution >= 4 is 28.3 Å². The number of hydrogen-bond donors (Lipinski definition) is 1.